The van der Waals surface area contributed by atoms with E-state index in [0.717, 1.165) is 41.0 Å². The van der Waals surface area contributed by atoms with Gasteiger partial charge in [0.05, 0.1) is 5.54 Å². The molecule has 5 heteroatoms. The highest BCUT2D eigenvalue weighted by atomic mass is 79.9. The number of hydrogen-bond acceptors (Lipinski definition) is 3. The molecule has 0 aromatic heterocycles. The van der Waals surface area contributed by atoms with Gasteiger partial charge in [-0.05, 0) is 50.1 Å². The first-order valence-electron chi connectivity index (χ1n) is 8.50. The Labute approximate surface area is 157 Å². The van der Waals surface area contributed by atoms with Crippen molar-refractivity contribution in [2.75, 3.05) is 25.0 Å². The van der Waals surface area contributed by atoms with Gasteiger partial charge in [-0.1, -0.05) is 40.2 Å². The van der Waals surface area contributed by atoms with Crippen molar-refractivity contribution < 1.29 is 9.53 Å². The molecule has 2 aromatic carbocycles. The number of benzene rings is 2. The van der Waals surface area contributed by atoms with Crippen molar-refractivity contribution in [2.45, 2.75) is 25.8 Å². The van der Waals surface area contributed by atoms with Gasteiger partial charge < -0.3 is 10.1 Å². The summed E-state index contributed by atoms with van der Waals surface area (Å²) in [4.78, 5) is 15.0. The number of likely N-dealkylation sites (tertiary alicyclic amines) is 1. The highest BCUT2D eigenvalue weighted by Crippen LogP contribution is 2.32. The van der Waals surface area contributed by atoms with Crippen molar-refractivity contribution in [3.63, 3.8) is 0 Å². The van der Waals surface area contributed by atoms with Crippen LogP contribution in [0.3, 0.4) is 0 Å². The zero-order valence-electron chi connectivity index (χ0n) is 14.6. The van der Waals surface area contributed by atoms with Crippen LogP contribution in [0.2, 0.25) is 0 Å². The molecule has 1 heterocycles. The van der Waals surface area contributed by atoms with Crippen LogP contribution in [0.4, 0.5) is 5.69 Å². The molecule has 1 atom stereocenters. The monoisotopic (exact) mass is 402 g/mol. The number of para-hydroxylation sites is 1. The quantitative estimate of drug-likeness (QED) is 0.785. The van der Waals surface area contributed by atoms with Gasteiger partial charge >= 0.3 is 0 Å². The van der Waals surface area contributed by atoms with Crippen molar-refractivity contribution in [3.05, 3.63) is 58.6 Å². The first kappa shape index (κ1) is 18.0. The summed E-state index contributed by atoms with van der Waals surface area (Å²) >= 11 is 3.51. The van der Waals surface area contributed by atoms with Crippen LogP contribution in [-0.2, 0) is 4.79 Å². The molecule has 3 rings (SSSR count). The zero-order valence-corrected chi connectivity index (χ0v) is 16.2. The third-order valence-corrected chi connectivity index (χ3v) is 5.80. The zero-order chi connectivity index (χ0) is 17.9. The number of carbonyl (C=O) groups is 1. The number of anilines is 1. The first-order chi connectivity index (χ1) is 12.0. The molecule has 0 bridgehead atoms. The van der Waals surface area contributed by atoms with Gasteiger partial charge in [-0.25, -0.2) is 0 Å². The van der Waals surface area contributed by atoms with Gasteiger partial charge in [0.1, 0.15) is 12.4 Å². The average molecular weight is 403 g/mol. The predicted octanol–water partition coefficient (Wildman–Crippen LogP) is 4.24. The van der Waals surface area contributed by atoms with Gasteiger partial charge in [-0.3, -0.25) is 9.69 Å². The van der Waals surface area contributed by atoms with Gasteiger partial charge in [0.25, 0.3) is 0 Å². The molecular formula is C20H23BrN2O2. The molecule has 1 unspecified atom stereocenters. The topological polar surface area (TPSA) is 41.6 Å². The molecular weight excluding hydrogens is 380 g/mol. The summed E-state index contributed by atoms with van der Waals surface area (Å²) in [6.45, 7) is 6.22. The number of nitrogens with zero attached hydrogens (tertiary/aromatic N) is 1. The fraction of sp³-hybridized carbons (Fsp3) is 0.350. The average Bonchev–Trinajstić information content (AvgIpc) is 2.61. The molecule has 0 radical (unpaired) electrons. The van der Waals surface area contributed by atoms with Gasteiger partial charge in [-0.15, -0.1) is 0 Å². The minimum atomic E-state index is -0.477. The van der Waals surface area contributed by atoms with E-state index in [0.29, 0.717) is 6.61 Å². The molecule has 4 nitrogen and oxygen atoms in total. The minimum absolute atomic E-state index is 0.0414. The third kappa shape index (κ3) is 3.88. The summed E-state index contributed by atoms with van der Waals surface area (Å²) in [7, 11) is 0. The maximum absolute atomic E-state index is 12.8. The summed E-state index contributed by atoms with van der Waals surface area (Å²) < 4.78 is 6.76. The Balaban J connectivity index is 1.57. The molecule has 1 aliphatic rings. The largest absolute Gasteiger partial charge is 0.492 e. The summed E-state index contributed by atoms with van der Waals surface area (Å²) in [5.74, 6) is 0.901. The number of carbonyl (C=O) groups excluding carboxylic acids is 1. The van der Waals surface area contributed by atoms with E-state index in [-0.39, 0.29) is 5.91 Å². The molecule has 2 aromatic rings. The van der Waals surface area contributed by atoms with Gasteiger partial charge in [0.15, 0.2) is 0 Å². The van der Waals surface area contributed by atoms with E-state index in [1.165, 1.54) is 0 Å². The van der Waals surface area contributed by atoms with Crippen molar-refractivity contribution >= 4 is 27.5 Å². The summed E-state index contributed by atoms with van der Waals surface area (Å²) in [6, 6.07) is 15.6. The second-order valence-electron chi connectivity index (χ2n) is 6.54. The van der Waals surface area contributed by atoms with Crippen LogP contribution < -0.4 is 10.1 Å². The molecule has 0 aliphatic carbocycles. The molecule has 1 fully saturated rings. The van der Waals surface area contributed by atoms with Crippen LogP contribution in [-0.4, -0.2) is 36.0 Å². The Kier molecular flexibility index (Phi) is 5.45. The predicted molar refractivity (Wildman–Crippen MR) is 104 cm³/mol. The fourth-order valence-electron chi connectivity index (χ4n) is 3.01. The molecule has 1 N–H and O–H groups in total. The van der Waals surface area contributed by atoms with Crippen molar-refractivity contribution in [3.8, 4) is 5.75 Å². The Morgan fingerprint density at radius 1 is 1.24 bits per heavy atom. The van der Waals surface area contributed by atoms with Gasteiger partial charge in [0.2, 0.25) is 5.91 Å². The van der Waals surface area contributed by atoms with E-state index in [9.17, 15) is 4.79 Å². The standard InChI is InChI=1S/C20H23BrN2O2/c1-15-17(21)9-6-10-18(15)22-19(24)20(2)11-12-23(20)13-14-25-16-7-4-3-5-8-16/h3-10H,11-14H2,1-2H3,(H,22,24). The molecule has 0 spiro atoms. The van der Waals surface area contributed by atoms with E-state index in [1.54, 1.807) is 0 Å². The van der Waals surface area contributed by atoms with Crippen molar-refractivity contribution in [2.24, 2.45) is 0 Å². The summed E-state index contributed by atoms with van der Waals surface area (Å²) in [5.41, 5.74) is 1.42. The summed E-state index contributed by atoms with van der Waals surface area (Å²) in [6.07, 6.45) is 0.858. The molecule has 1 aliphatic heterocycles. The number of hydrogen-bond donors (Lipinski definition) is 1. The van der Waals surface area contributed by atoms with E-state index in [2.05, 4.69) is 26.1 Å². The fourth-order valence-corrected chi connectivity index (χ4v) is 3.38. The van der Waals surface area contributed by atoms with Gasteiger partial charge in [0, 0.05) is 23.2 Å². The van der Waals surface area contributed by atoms with Crippen LogP contribution >= 0.6 is 15.9 Å². The summed E-state index contributed by atoms with van der Waals surface area (Å²) in [5, 5.41) is 3.08. The van der Waals surface area contributed by atoms with E-state index in [4.69, 9.17) is 4.74 Å². The normalized spacial score (nSPS) is 20.0. The maximum Gasteiger partial charge on any atom is 0.244 e. The lowest BCUT2D eigenvalue weighted by Gasteiger charge is -2.49. The highest BCUT2D eigenvalue weighted by molar-refractivity contribution is 9.10. The molecule has 1 amide bonds. The lowest BCUT2D eigenvalue weighted by Crippen LogP contribution is -2.65. The highest BCUT2D eigenvalue weighted by Gasteiger charge is 2.46. The minimum Gasteiger partial charge on any atom is -0.492 e. The second-order valence-corrected chi connectivity index (χ2v) is 7.39. The number of ether oxygens (including phenoxy) is 1. The number of nitrogens with one attached hydrogen (secondary N) is 1. The number of amides is 1. The lowest BCUT2D eigenvalue weighted by molar-refractivity contribution is -0.135. The van der Waals surface area contributed by atoms with E-state index < -0.39 is 5.54 Å². The lowest BCUT2D eigenvalue weighted by atomic mass is 9.85. The molecule has 1 saturated heterocycles. The molecule has 25 heavy (non-hydrogen) atoms. The first-order valence-corrected chi connectivity index (χ1v) is 9.29. The van der Waals surface area contributed by atoms with Crippen molar-refractivity contribution in [1.82, 2.24) is 4.90 Å². The maximum atomic E-state index is 12.8. The van der Waals surface area contributed by atoms with E-state index >= 15 is 0 Å². The third-order valence-electron chi connectivity index (χ3n) is 4.94. The van der Waals surface area contributed by atoms with Crippen molar-refractivity contribution in [1.29, 1.82) is 0 Å². The van der Waals surface area contributed by atoms with Crippen LogP contribution in [0, 0.1) is 6.92 Å². The molecule has 0 saturated carbocycles. The Bertz CT molecular complexity index is 751. The van der Waals surface area contributed by atoms with Crippen LogP contribution in [0.1, 0.15) is 18.9 Å². The Hall–Kier alpha value is -1.85. The van der Waals surface area contributed by atoms with Crippen LogP contribution in [0.25, 0.3) is 0 Å². The molecule has 132 valence electrons. The SMILES string of the molecule is Cc1c(Br)cccc1NC(=O)C1(C)CCN1CCOc1ccccc1. The van der Waals surface area contributed by atoms with Gasteiger partial charge in [-0.2, -0.15) is 0 Å². The van der Waals surface area contributed by atoms with E-state index in [1.807, 2.05) is 62.4 Å². The number of halogens is 1. The smallest absolute Gasteiger partial charge is 0.244 e. The second kappa shape index (κ2) is 7.58. The van der Waals surface area contributed by atoms with Crippen LogP contribution in [0.15, 0.2) is 53.0 Å². The Morgan fingerprint density at radius 2 is 2.00 bits per heavy atom. The van der Waals surface area contributed by atoms with Crippen LogP contribution in [0.5, 0.6) is 5.75 Å². The number of rotatable bonds is 6. The Morgan fingerprint density at radius 3 is 2.68 bits per heavy atom.